The lowest BCUT2D eigenvalue weighted by molar-refractivity contribution is -0.132. The number of Topliss-reactive ketones (excluding diaryl/α,β-unsaturated/α-hetero) is 1. The molecule has 1 aliphatic carbocycles. The van der Waals surface area contributed by atoms with E-state index < -0.39 is 6.10 Å². The van der Waals surface area contributed by atoms with Gasteiger partial charge in [-0.15, -0.1) is 0 Å². The van der Waals surface area contributed by atoms with Crippen LogP contribution >= 0.6 is 0 Å². The van der Waals surface area contributed by atoms with Crippen LogP contribution in [0.15, 0.2) is 30.3 Å². The van der Waals surface area contributed by atoms with Crippen LogP contribution in [0.25, 0.3) is 0 Å². The van der Waals surface area contributed by atoms with E-state index in [2.05, 4.69) is 15.5 Å². The van der Waals surface area contributed by atoms with Gasteiger partial charge in [-0.05, 0) is 64.4 Å². The fraction of sp³-hybridized carbons (Fsp3) is 0.704. The second-order valence-corrected chi connectivity index (χ2v) is 11.2. The van der Waals surface area contributed by atoms with E-state index in [0.717, 1.165) is 18.5 Å². The Morgan fingerprint density at radius 1 is 1.12 bits per heavy atom. The van der Waals surface area contributed by atoms with Crippen molar-refractivity contribution in [3.05, 3.63) is 35.9 Å². The van der Waals surface area contributed by atoms with Crippen LogP contribution in [-0.2, 0) is 16.0 Å². The number of fused-ring (bicyclic) bond motifs is 1. The highest BCUT2D eigenvalue weighted by Crippen LogP contribution is 2.38. The minimum atomic E-state index is -0.686. The number of nitrogens with zero attached hydrogens (tertiary/aromatic N) is 1. The minimum absolute atomic E-state index is 0.0470. The molecule has 3 N–H and O–H groups in total. The van der Waals surface area contributed by atoms with Crippen LogP contribution < -0.4 is 10.6 Å². The molecule has 1 aromatic rings. The molecule has 1 heterocycles. The molecule has 1 aliphatic heterocycles. The standard InChI is InChI=1S/C27H43N3O3/c1-19(31)16-28-23(14-20-10-6-5-7-11-20)25(32)18-30-17-22-13-9-8-12-21(22)15-24(30)26(33)29-27(2,3)4/h5-7,10-11,21-25,28,32H,8-9,12-18H2,1-4H3,(H,29,33)/t21-,22+,23-,24?,25+/m0/s1. The molecule has 5 atom stereocenters. The molecule has 1 unspecified atom stereocenters. The summed E-state index contributed by atoms with van der Waals surface area (Å²) in [5, 5.41) is 17.8. The number of aliphatic hydroxyl groups is 1. The number of carbonyl (C=O) groups excluding carboxylic acids is 2. The normalized spacial score (nSPS) is 25.7. The van der Waals surface area contributed by atoms with Crippen LogP contribution in [0.5, 0.6) is 0 Å². The van der Waals surface area contributed by atoms with Gasteiger partial charge in [-0.2, -0.15) is 0 Å². The highest BCUT2D eigenvalue weighted by Gasteiger charge is 2.41. The molecule has 184 valence electrons. The van der Waals surface area contributed by atoms with Gasteiger partial charge in [-0.25, -0.2) is 0 Å². The number of benzene rings is 1. The van der Waals surface area contributed by atoms with Crippen molar-refractivity contribution in [1.82, 2.24) is 15.5 Å². The Hall–Kier alpha value is -1.76. The fourth-order valence-corrected chi connectivity index (χ4v) is 5.48. The molecule has 3 rings (SSSR count). The van der Waals surface area contributed by atoms with Gasteiger partial charge in [0.1, 0.15) is 5.78 Å². The fourth-order valence-electron chi connectivity index (χ4n) is 5.48. The Balaban J connectivity index is 1.75. The number of amides is 1. The van der Waals surface area contributed by atoms with Crippen molar-refractivity contribution in [1.29, 1.82) is 0 Å². The smallest absolute Gasteiger partial charge is 0.237 e. The van der Waals surface area contributed by atoms with E-state index in [-0.39, 0.29) is 35.9 Å². The van der Waals surface area contributed by atoms with Crippen molar-refractivity contribution in [2.45, 2.75) is 89.9 Å². The summed E-state index contributed by atoms with van der Waals surface area (Å²) in [5.74, 6) is 1.31. The van der Waals surface area contributed by atoms with E-state index in [1.165, 1.54) is 25.7 Å². The number of piperidine rings is 1. The number of hydrogen-bond donors (Lipinski definition) is 3. The lowest BCUT2D eigenvalue weighted by Crippen LogP contribution is -2.60. The predicted octanol–water partition coefficient (Wildman–Crippen LogP) is 2.93. The van der Waals surface area contributed by atoms with Gasteiger partial charge in [0.15, 0.2) is 0 Å². The monoisotopic (exact) mass is 457 g/mol. The van der Waals surface area contributed by atoms with Crippen molar-refractivity contribution in [2.24, 2.45) is 11.8 Å². The average molecular weight is 458 g/mol. The first-order valence-corrected chi connectivity index (χ1v) is 12.6. The number of β-amino-alcohol motifs (C(OH)–C–C–N with tert-alkyl or cyclic N) is 1. The van der Waals surface area contributed by atoms with Crippen LogP contribution in [0.1, 0.15) is 65.4 Å². The molecule has 0 aromatic heterocycles. The van der Waals surface area contributed by atoms with Gasteiger partial charge < -0.3 is 15.7 Å². The van der Waals surface area contributed by atoms with Gasteiger partial charge in [0, 0.05) is 24.7 Å². The van der Waals surface area contributed by atoms with E-state index in [1.807, 2.05) is 51.1 Å². The molecule has 2 aliphatic rings. The van der Waals surface area contributed by atoms with Crippen LogP contribution in [0.3, 0.4) is 0 Å². The van der Waals surface area contributed by atoms with Gasteiger partial charge >= 0.3 is 0 Å². The van der Waals surface area contributed by atoms with E-state index in [4.69, 9.17) is 0 Å². The second-order valence-electron chi connectivity index (χ2n) is 11.2. The second kappa shape index (κ2) is 11.6. The summed E-state index contributed by atoms with van der Waals surface area (Å²) < 4.78 is 0. The van der Waals surface area contributed by atoms with Gasteiger partial charge in [0.25, 0.3) is 0 Å². The maximum absolute atomic E-state index is 13.3. The molecule has 0 spiro atoms. The molecule has 0 radical (unpaired) electrons. The lowest BCUT2D eigenvalue weighted by Gasteiger charge is -2.47. The molecule has 1 saturated carbocycles. The molecule has 1 amide bonds. The number of ketones is 1. The first-order valence-electron chi connectivity index (χ1n) is 12.6. The topological polar surface area (TPSA) is 81.7 Å². The third kappa shape index (κ3) is 7.90. The molecule has 1 aromatic carbocycles. The van der Waals surface area contributed by atoms with E-state index in [0.29, 0.717) is 24.8 Å². The SMILES string of the molecule is CC(=O)CN[C@@H](Cc1ccccc1)[C@H](O)CN1C[C@H]2CCCC[C@H]2CC1C(=O)NC(C)(C)C. The van der Waals surface area contributed by atoms with Crippen molar-refractivity contribution >= 4 is 11.7 Å². The number of rotatable bonds is 9. The Kier molecular flexibility index (Phi) is 9.08. The summed E-state index contributed by atoms with van der Waals surface area (Å²) in [6, 6.07) is 9.57. The largest absolute Gasteiger partial charge is 0.390 e. The quantitative estimate of drug-likeness (QED) is 0.531. The summed E-state index contributed by atoms with van der Waals surface area (Å²) in [4.78, 5) is 27.1. The number of carbonyl (C=O) groups is 2. The van der Waals surface area contributed by atoms with Crippen molar-refractivity contribution in [3.63, 3.8) is 0 Å². The maximum atomic E-state index is 13.3. The summed E-state index contributed by atoms with van der Waals surface area (Å²) in [6.07, 6.45) is 5.74. The van der Waals surface area contributed by atoms with Crippen LogP contribution in [0, 0.1) is 11.8 Å². The van der Waals surface area contributed by atoms with Crippen LogP contribution in [0.2, 0.25) is 0 Å². The van der Waals surface area contributed by atoms with Gasteiger partial charge in [-0.3, -0.25) is 14.5 Å². The van der Waals surface area contributed by atoms with Crippen molar-refractivity contribution < 1.29 is 14.7 Å². The molecular formula is C27H43N3O3. The molecule has 33 heavy (non-hydrogen) atoms. The lowest BCUT2D eigenvalue weighted by atomic mass is 9.72. The first kappa shape index (κ1) is 25.9. The minimum Gasteiger partial charge on any atom is -0.390 e. The maximum Gasteiger partial charge on any atom is 0.237 e. The third-order valence-electron chi connectivity index (χ3n) is 7.10. The summed E-state index contributed by atoms with van der Waals surface area (Å²) in [6.45, 7) is 9.10. The Labute approximate surface area is 199 Å². The Bertz CT molecular complexity index is 777. The van der Waals surface area contributed by atoms with Crippen LogP contribution in [-0.4, -0.2) is 65.1 Å². The van der Waals surface area contributed by atoms with E-state index in [9.17, 15) is 14.7 Å². The van der Waals surface area contributed by atoms with Gasteiger partial charge in [0.05, 0.1) is 18.7 Å². The molecule has 0 bridgehead atoms. The first-order chi connectivity index (χ1) is 15.6. The van der Waals surface area contributed by atoms with Crippen molar-refractivity contribution in [2.75, 3.05) is 19.6 Å². The zero-order valence-corrected chi connectivity index (χ0v) is 20.8. The Morgan fingerprint density at radius 3 is 2.42 bits per heavy atom. The molecule has 6 heteroatoms. The average Bonchev–Trinajstić information content (AvgIpc) is 2.75. The van der Waals surface area contributed by atoms with Gasteiger partial charge in [-0.1, -0.05) is 49.6 Å². The number of likely N-dealkylation sites (tertiary alicyclic amines) is 1. The third-order valence-corrected chi connectivity index (χ3v) is 7.10. The number of nitrogens with one attached hydrogen (secondary N) is 2. The zero-order valence-electron chi connectivity index (χ0n) is 20.8. The molecule has 6 nitrogen and oxygen atoms in total. The number of aliphatic hydroxyl groups excluding tert-OH is 1. The molecule has 1 saturated heterocycles. The Morgan fingerprint density at radius 2 is 1.79 bits per heavy atom. The van der Waals surface area contributed by atoms with Gasteiger partial charge in [0.2, 0.25) is 5.91 Å². The summed E-state index contributed by atoms with van der Waals surface area (Å²) in [5.41, 5.74) is 0.828. The zero-order chi connectivity index (χ0) is 24.0. The van der Waals surface area contributed by atoms with E-state index >= 15 is 0 Å². The van der Waals surface area contributed by atoms with Crippen LogP contribution in [0.4, 0.5) is 0 Å². The predicted molar refractivity (Wildman–Crippen MR) is 132 cm³/mol. The molecule has 2 fully saturated rings. The molecular weight excluding hydrogens is 414 g/mol. The highest BCUT2D eigenvalue weighted by atomic mass is 16.3. The van der Waals surface area contributed by atoms with Crippen molar-refractivity contribution in [3.8, 4) is 0 Å². The summed E-state index contributed by atoms with van der Waals surface area (Å²) in [7, 11) is 0. The summed E-state index contributed by atoms with van der Waals surface area (Å²) >= 11 is 0. The van der Waals surface area contributed by atoms with E-state index in [1.54, 1.807) is 6.92 Å². The highest BCUT2D eigenvalue weighted by molar-refractivity contribution is 5.82. The number of hydrogen-bond acceptors (Lipinski definition) is 5.